The lowest BCUT2D eigenvalue weighted by Gasteiger charge is -2.17. The average Bonchev–Trinajstić information content (AvgIpc) is 2.54. The lowest BCUT2D eigenvalue weighted by Crippen LogP contribution is -2.21. The van der Waals surface area contributed by atoms with E-state index in [1.54, 1.807) is 24.3 Å². The van der Waals surface area contributed by atoms with Crippen molar-refractivity contribution in [1.29, 1.82) is 0 Å². The quantitative estimate of drug-likeness (QED) is 0.911. The minimum absolute atomic E-state index is 0.0283. The van der Waals surface area contributed by atoms with E-state index in [2.05, 4.69) is 10.6 Å². The summed E-state index contributed by atoms with van der Waals surface area (Å²) in [5.41, 5.74) is 2.55. The molecule has 0 radical (unpaired) electrons. The van der Waals surface area contributed by atoms with Crippen molar-refractivity contribution < 1.29 is 14.3 Å². The molecule has 3 rings (SSSR count). The van der Waals surface area contributed by atoms with Gasteiger partial charge in [-0.15, -0.1) is 0 Å². The summed E-state index contributed by atoms with van der Waals surface area (Å²) in [5.74, 6) is 0.468. The number of nitrogens with one attached hydrogen (secondary N) is 2. The number of hydrogen-bond donors (Lipinski definition) is 2. The van der Waals surface area contributed by atoms with E-state index in [-0.39, 0.29) is 18.4 Å². The molecule has 0 unspecified atom stereocenters. The fraction of sp³-hybridized carbons (Fsp3) is 0.176. The number of hydrogen-bond acceptors (Lipinski definition) is 3. The molecule has 1 heterocycles. The van der Waals surface area contributed by atoms with Crippen LogP contribution < -0.4 is 15.4 Å². The largest absolute Gasteiger partial charge is 0.484 e. The van der Waals surface area contributed by atoms with Gasteiger partial charge in [0.25, 0.3) is 5.91 Å². The maximum atomic E-state index is 11.9. The van der Waals surface area contributed by atoms with Crippen molar-refractivity contribution >= 4 is 23.2 Å². The van der Waals surface area contributed by atoms with Crippen LogP contribution in [-0.2, 0) is 16.0 Å². The normalized spacial score (nSPS) is 13.0. The lowest BCUT2D eigenvalue weighted by atomic mass is 10.0. The molecule has 0 spiro atoms. The van der Waals surface area contributed by atoms with Crippen LogP contribution in [0.25, 0.3) is 0 Å². The van der Waals surface area contributed by atoms with E-state index in [1.165, 1.54) is 0 Å². The molecule has 0 aromatic heterocycles. The number of carbonyl (C=O) groups is 2. The Morgan fingerprint density at radius 1 is 1.14 bits per heavy atom. The highest BCUT2D eigenvalue weighted by Gasteiger charge is 2.15. The maximum Gasteiger partial charge on any atom is 0.262 e. The monoisotopic (exact) mass is 296 g/mol. The number of para-hydroxylation sites is 1. The molecular weight excluding hydrogens is 280 g/mol. The predicted molar refractivity (Wildman–Crippen MR) is 84.0 cm³/mol. The molecule has 0 fully saturated rings. The third kappa shape index (κ3) is 3.44. The van der Waals surface area contributed by atoms with Crippen molar-refractivity contribution in [3.05, 3.63) is 54.1 Å². The summed E-state index contributed by atoms with van der Waals surface area (Å²) < 4.78 is 5.40. The first kappa shape index (κ1) is 14.1. The molecule has 1 aliphatic heterocycles. The Kier molecular flexibility index (Phi) is 4.05. The standard InChI is InChI=1S/C17H16N2O3/c20-16-9-6-12-10-13(7-8-15(12)19-16)18-17(21)11-22-14-4-2-1-3-5-14/h1-5,7-8,10H,6,9,11H2,(H,18,21)(H,19,20). The van der Waals surface area contributed by atoms with Gasteiger partial charge in [-0.1, -0.05) is 18.2 Å². The van der Waals surface area contributed by atoms with Gasteiger partial charge in [-0.2, -0.15) is 0 Å². The van der Waals surface area contributed by atoms with Gasteiger partial charge in [0.2, 0.25) is 5.91 Å². The molecule has 2 aromatic rings. The molecule has 2 amide bonds. The number of fused-ring (bicyclic) bond motifs is 1. The van der Waals surface area contributed by atoms with Crippen LogP contribution in [0.2, 0.25) is 0 Å². The smallest absolute Gasteiger partial charge is 0.262 e. The third-order valence-electron chi connectivity index (χ3n) is 3.40. The summed E-state index contributed by atoms with van der Waals surface area (Å²) >= 11 is 0. The van der Waals surface area contributed by atoms with Crippen molar-refractivity contribution in [2.24, 2.45) is 0 Å². The van der Waals surface area contributed by atoms with Crippen LogP contribution in [0.4, 0.5) is 11.4 Å². The maximum absolute atomic E-state index is 11.9. The number of carbonyl (C=O) groups excluding carboxylic acids is 2. The molecule has 5 heteroatoms. The summed E-state index contributed by atoms with van der Waals surface area (Å²) in [7, 11) is 0. The Balaban J connectivity index is 1.59. The zero-order chi connectivity index (χ0) is 15.4. The second-order valence-corrected chi connectivity index (χ2v) is 5.07. The first-order chi connectivity index (χ1) is 10.7. The molecule has 0 bridgehead atoms. The zero-order valence-corrected chi connectivity index (χ0v) is 12.0. The minimum atomic E-state index is -0.219. The second-order valence-electron chi connectivity index (χ2n) is 5.07. The fourth-order valence-corrected chi connectivity index (χ4v) is 2.32. The number of benzene rings is 2. The van der Waals surface area contributed by atoms with E-state index < -0.39 is 0 Å². The summed E-state index contributed by atoms with van der Waals surface area (Å²) in [6.45, 7) is -0.0438. The summed E-state index contributed by atoms with van der Waals surface area (Å²) in [5, 5.41) is 5.61. The molecular formula is C17H16N2O3. The Bertz CT molecular complexity index is 698. The van der Waals surface area contributed by atoms with Crippen molar-refractivity contribution in [3.63, 3.8) is 0 Å². The second kappa shape index (κ2) is 6.30. The molecule has 1 aliphatic rings. The highest BCUT2D eigenvalue weighted by Crippen LogP contribution is 2.25. The number of rotatable bonds is 4. The molecule has 0 aliphatic carbocycles. The molecule has 2 N–H and O–H groups in total. The first-order valence-electron chi connectivity index (χ1n) is 7.11. The van der Waals surface area contributed by atoms with Crippen molar-refractivity contribution in [2.75, 3.05) is 17.2 Å². The van der Waals surface area contributed by atoms with Crippen LogP contribution in [0.3, 0.4) is 0 Å². The Morgan fingerprint density at radius 2 is 1.95 bits per heavy atom. The van der Waals surface area contributed by atoms with E-state index in [1.807, 2.05) is 24.3 Å². The highest BCUT2D eigenvalue weighted by atomic mass is 16.5. The van der Waals surface area contributed by atoms with Crippen LogP contribution in [-0.4, -0.2) is 18.4 Å². The van der Waals surface area contributed by atoms with Gasteiger partial charge in [0, 0.05) is 17.8 Å². The Hall–Kier alpha value is -2.82. The van der Waals surface area contributed by atoms with E-state index in [9.17, 15) is 9.59 Å². The van der Waals surface area contributed by atoms with Crippen molar-refractivity contribution in [3.8, 4) is 5.75 Å². The van der Waals surface area contributed by atoms with Crippen molar-refractivity contribution in [2.45, 2.75) is 12.8 Å². The third-order valence-corrected chi connectivity index (χ3v) is 3.40. The number of anilines is 2. The minimum Gasteiger partial charge on any atom is -0.484 e. The van der Waals surface area contributed by atoms with Gasteiger partial charge in [0.05, 0.1) is 0 Å². The van der Waals surface area contributed by atoms with Gasteiger partial charge in [-0.25, -0.2) is 0 Å². The van der Waals surface area contributed by atoms with Crippen LogP contribution in [0.15, 0.2) is 48.5 Å². The highest BCUT2D eigenvalue weighted by molar-refractivity contribution is 5.96. The van der Waals surface area contributed by atoms with Gasteiger partial charge in [-0.3, -0.25) is 9.59 Å². The van der Waals surface area contributed by atoms with Gasteiger partial charge >= 0.3 is 0 Å². The SMILES string of the molecule is O=C(COc1ccccc1)Nc1ccc2c(c1)CCC(=O)N2. The summed E-state index contributed by atoms with van der Waals surface area (Å²) in [4.78, 5) is 23.2. The number of amides is 2. The van der Waals surface area contributed by atoms with E-state index in [0.29, 0.717) is 24.3 Å². The Morgan fingerprint density at radius 3 is 2.77 bits per heavy atom. The summed E-state index contributed by atoms with van der Waals surface area (Å²) in [6.07, 6.45) is 1.16. The molecule has 0 atom stereocenters. The zero-order valence-electron chi connectivity index (χ0n) is 12.0. The lowest BCUT2D eigenvalue weighted by molar-refractivity contribution is -0.118. The van der Waals surface area contributed by atoms with E-state index in [0.717, 1.165) is 11.3 Å². The van der Waals surface area contributed by atoms with Crippen molar-refractivity contribution in [1.82, 2.24) is 0 Å². The van der Waals surface area contributed by atoms with Crippen LogP contribution >= 0.6 is 0 Å². The summed E-state index contributed by atoms with van der Waals surface area (Å²) in [6, 6.07) is 14.7. The predicted octanol–water partition coefficient (Wildman–Crippen LogP) is 2.59. The topological polar surface area (TPSA) is 67.4 Å². The van der Waals surface area contributed by atoms with Gasteiger partial charge in [0.15, 0.2) is 6.61 Å². The molecule has 0 saturated carbocycles. The van der Waals surface area contributed by atoms with Crippen LogP contribution in [0.5, 0.6) is 5.75 Å². The van der Waals surface area contributed by atoms with Gasteiger partial charge < -0.3 is 15.4 Å². The molecule has 0 saturated heterocycles. The fourth-order valence-electron chi connectivity index (χ4n) is 2.32. The number of aryl methyl sites for hydroxylation is 1. The van der Waals surface area contributed by atoms with E-state index >= 15 is 0 Å². The van der Waals surface area contributed by atoms with Gasteiger partial charge in [0.1, 0.15) is 5.75 Å². The average molecular weight is 296 g/mol. The molecule has 112 valence electrons. The molecule has 22 heavy (non-hydrogen) atoms. The molecule has 2 aromatic carbocycles. The van der Waals surface area contributed by atoms with Crippen LogP contribution in [0.1, 0.15) is 12.0 Å². The first-order valence-corrected chi connectivity index (χ1v) is 7.11. The number of ether oxygens (including phenoxy) is 1. The van der Waals surface area contributed by atoms with Crippen LogP contribution in [0, 0.1) is 0 Å². The molecule has 5 nitrogen and oxygen atoms in total. The van der Waals surface area contributed by atoms with E-state index in [4.69, 9.17) is 4.74 Å². The Labute approximate surface area is 128 Å². The van der Waals surface area contributed by atoms with Gasteiger partial charge in [-0.05, 0) is 42.3 Å².